The molecule has 1 aromatic carbocycles. The Bertz CT molecular complexity index is 447. The highest BCUT2D eigenvalue weighted by Crippen LogP contribution is 2.13. The molecule has 0 saturated carbocycles. The fraction of sp³-hybridized carbons (Fsp3) is 0.533. The molecular formula is C15H21FN2O2. The van der Waals surface area contributed by atoms with Crippen LogP contribution in [0.4, 0.5) is 4.39 Å². The molecule has 1 aliphatic heterocycles. The van der Waals surface area contributed by atoms with E-state index < -0.39 is 6.10 Å². The van der Waals surface area contributed by atoms with E-state index in [-0.39, 0.29) is 11.7 Å². The zero-order chi connectivity index (χ0) is 14.4. The number of hydrogen-bond acceptors (Lipinski definition) is 3. The summed E-state index contributed by atoms with van der Waals surface area (Å²) in [5, 5.41) is 12.9. The van der Waals surface area contributed by atoms with Crippen LogP contribution in [0.3, 0.4) is 0 Å². The molecule has 110 valence electrons. The molecule has 1 aromatic rings. The lowest BCUT2D eigenvalue weighted by molar-refractivity contribution is -0.130. The number of hydrogen-bond donors (Lipinski definition) is 2. The molecule has 0 aliphatic carbocycles. The third-order valence-electron chi connectivity index (χ3n) is 3.55. The van der Waals surface area contributed by atoms with Gasteiger partial charge in [-0.3, -0.25) is 4.79 Å². The molecule has 1 unspecified atom stereocenters. The number of halogens is 1. The molecule has 1 heterocycles. The van der Waals surface area contributed by atoms with Crippen LogP contribution in [0.15, 0.2) is 24.3 Å². The molecule has 0 aromatic heterocycles. The van der Waals surface area contributed by atoms with Crippen molar-refractivity contribution in [2.45, 2.75) is 25.4 Å². The van der Waals surface area contributed by atoms with Crippen molar-refractivity contribution in [3.05, 3.63) is 35.6 Å². The number of carbonyl (C=O) groups is 1. The third kappa shape index (κ3) is 4.28. The minimum Gasteiger partial charge on any atom is -0.387 e. The van der Waals surface area contributed by atoms with Crippen LogP contribution >= 0.6 is 0 Å². The Labute approximate surface area is 118 Å². The summed E-state index contributed by atoms with van der Waals surface area (Å²) in [6.45, 7) is 2.58. The average Bonchev–Trinajstić information content (AvgIpc) is 2.97. The van der Waals surface area contributed by atoms with Gasteiger partial charge in [0.05, 0.1) is 6.10 Å². The largest absolute Gasteiger partial charge is 0.387 e. The van der Waals surface area contributed by atoms with E-state index >= 15 is 0 Å². The van der Waals surface area contributed by atoms with Crippen molar-refractivity contribution in [3.63, 3.8) is 0 Å². The van der Waals surface area contributed by atoms with Crippen molar-refractivity contribution in [2.75, 3.05) is 26.2 Å². The van der Waals surface area contributed by atoms with E-state index in [1.165, 1.54) is 12.1 Å². The number of carbonyl (C=O) groups excluding carboxylic acids is 1. The van der Waals surface area contributed by atoms with Crippen LogP contribution in [-0.4, -0.2) is 42.1 Å². The molecule has 0 radical (unpaired) electrons. The van der Waals surface area contributed by atoms with Gasteiger partial charge in [-0.05, 0) is 30.5 Å². The predicted octanol–water partition coefficient (Wildman–Crippen LogP) is 1.46. The van der Waals surface area contributed by atoms with Crippen molar-refractivity contribution in [3.8, 4) is 0 Å². The highest BCUT2D eigenvalue weighted by molar-refractivity contribution is 5.76. The maximum Gasteiger partial charge on any atom is 0.223 e. The Morgan fingerprint density at radius 2 is 2.15 bits per heavy atom. The maximum atomic E-state index is 13.0. The molecular weight excluding hydrogens is 259 g/mol. The molecule has 1 fully saturated rings. The van der Waals surface area contributed by atoms with Gasteiger partial charge in [0.25, 0.3) is 0 Å². The standard InChI is InChI=1S/C15H21FN2O2/c16-13-5-3-4-12(10-13)14(19)11-17-7-6-15(20)18-8-1-2-9-18/h3-5,10,14,17,19H,1-2,6-9,11H2. The summed E-state index contributed by atoms with van der Waals surface area (Å²) in [4.78, 5) is 13.7. The van der Waals surface area contributed by atoms with E-state index in [9.17, 15) is 14.3 Å². The van der Waals surface area contributed by atoms with Crippen molar-refractivity contribution in [2.24, 2.45) is 0 Å². The number of amides is 1. The molecule has 1 atom stereocenters. The smallest absolute Gasteiger partial charge is 0.223 e. The number of rotatable bonds is 6. The highest BCUT2D eigenvalue weighted by atomic mass is 19.1. The lowest BCUT2D eigenvalue weighted by Gasteiger charge is -2.16. The monoisotopic (exact) mass is 280 g/mol. The number of nitrogens with one attached hydrogen (secondary N) is 1. The zero-order valence-electron chi connectivity index (χ0n) is 11.5. The van der Waals surface area contributed by atoms with E-state index in [2.05, 4.69) is 5.32 Å². The van der Waals surface area contributed by atoms with Crippen molar-refractivity contribution < 1.29 is 14.3 Å². The van der Waals surface area contributed by atoms with E-state index in [1.54, 1.807) is 12.1 Å². The molecule has 1 amide bonds. The van der Waals surface area contributed by atoms with E-state index in [0.717, 1.165) is 25.9 Å². The molecule has 2 rings (SSSR count). The maximum absolute atomic E-state index is 13.0. The second-order valence-corrected chi connectivity index (χ2v) is 5.11. The lowest BCUT2D eigenvalue weighted by Crippen LogP contribution is -2.31. The Balaban J connectivity index is 1.66. The number of aliphatic hydroxyl groups is 1. The fourth-order valence-corrected chi connectivity index (χ4v) is 2.39. The molecule has 5 heteroatoms. The highest BCUT2D eigenvalue weighted by Gasteiger charge is 2.17. The first-order valence-electron chi connectivity index (χ1n) is 7.09. The first-order chi connectivity index (χ1) is 9.66. The van der Waals surface area contributed by atoms with Crippen LogP contribution in [0.2, 0.25) is 0 Å². The number of benzene rings is 1. The Morgan fingerprint density at radius 1 is 1.40 bits per heavy atom. The van der Waals surface area contributed by atoms with Gasteiger partial charge in [0.2, 0.25) is 5.91 Å². The van der Waals surface area contributed by atoms with Crippen LogP contribution in [0, 0.1) is 5.82 Å². The number of likely N-dealkylation sites (tertiary alicyclic amines) is 1. The van der Waals surface area contributed by atoms with Gasteiger partial charge in [-0.2, -0.15) is 0 Å². The van der Waals surface area contributed by atoms with Gasteiger partial charge < -0.3 is 15.3 Å². The zero-order valence-corrected chi connectivity index (χ0v) is 11.5. The van der Waals surface area contributed by atoms with Crippen LogP contribution < -0.4 is 5.32 Å². The van der Waals surface area contributed by atoms with Crippen LogP contribution in [0.1, 0.15) is 30.9 Å². The summed E-state index contributed by atoms with van der Waals surface area (Å²) in [5.74, 6) is -0.194. The summed E-state index contributed by atoms with van der Waals surface area (Å²) in [5.41, 5.74) is 0.545. The SMILES string of the molecule is O=C(CCNCC(O)c1cccc(F)c1)N1CCCC1. The minimum atomic E-state index is -0.757. The second-order valence-electron chi connectivity index (χ2n) is 5.11. The number of aliphatic hydroxyl groups excluding tert-OH is 1. The topological polar surface area (TPSA) is 52.6 Å². The summed E-state index contributed by atoms with van der Waals surface area (Å²) in [7, 11) is 0. The first kappa shape index (κ1) is 14.9. The van der Waals surface area contributed by atoms with E-state index in [4.69, 9.17) is 0 Å². The Morgan fingerprint density at radius 3 is 2.85 bits per heavy atom. The van der Waals surface area contributed by atoms with Gasteiger partial charge in [0.15, 0.2) is 0 Å². The van der Waals surface area contributed by atoms with Gasteiger partial charge in [-0.1, -0.05) is 12.1 Å². The molecule has 4 nitrogen and oxygen atoms in total. The van der Waals surface area contributed by atoms with Crippen molar-refractivity contribution in [1.82, 2.24) is 10.2 Å². The van der Waals surface area contributed by atoms with Gasteiger partial charge in [-0.15, -0.1) is 0 Å². The average molecular weight is 280 g/mol. The summed E-state index contributed by atoms with van der Waals surface area (Å²) in [6, 6.07) is 5.93. The lowest BCUT2D eigenvalue weighted by atomic mass is 10.1. The van der Waals surface area contributed by atoms with E-state index in [1.807, 2.05) is 4.90 Å². The molecule has 0 spiro atoms. The predicted molar refractivity (Wildman–Crippen MR) is 74.7 cm³/mol. The molecule has 20 heavy (non-hydrogen) atoms. The van der Waals surface area contributed by atoms with E-state index in [0.29, 0.717) is 25.1 Å². The van der Waals surface area contributed by atoms with Gasteiger partial charge >= 0.3 is 0 Å². The van der Waals surface area contributed by atoms with Gasteiger partial charge in [0, 0.05) is 32.6 Å². The molecule has 0 bridgehead atoms. The summed E-state index contributed by atoms with van der Waals surface area (Å²) < 4.78 is 13.0. The summed E-state index contributed by atoms with van der Waals surface area (Å²) in [6.07, 6.45) is 1.87. The van der Waals surface area contributed by atoms with Crippen molar-refractivity contribution in [1.29, 1.82) is 0 Å². The minimum absolute atomic E-state index is 0.162. The quantitative estimate of drug-likeness (QED) is 0.776. The molecule has 2 N–H and O–H groups in total. The second kappa shape index (κ2) is 7.36. The van der Waals surface area contributed by atoms with Gasteiger partial charge in [-0.25, -0.2) is 4.39 Å². The molecule has 1 aliphatic rings. The first-order valence-corrected chi connectivity index (χ1v) is 7.09. The molecule has 1 saturated heterocycles. The number of nitrogens with zero attached hydrogens (tertiary/aromatic N) is 1. The third-order valence-corrected chi connectivity index (χ3v) is 3.55. The Hall–Kier alpha value is -1.46. The van der Waals surface area contributed by atoms with Gasteiger partial charge in [0.1, 0.15) is 5.82 Å². The van der Waals surface area contributed by atoms with Crippen LogP contribution in [0.25, 0.3) is 0 Å². The van der Waals surface area contributed by atoms with Crippen LogP contribution in [0.5, 0.6) is 0 Å². The normalized spacial score (nSPS) is 16.4. The fourth-order valence-electron chi connectivity index (χ4n) is 2.39. The van der Waals surface area contributed by atoms with Crippen molar-refractivity contribution >= 4 is 5.91 Å². The summed E-state index contributed by atoms with van der Waals surface area (Å²) >= 11 is 0. The van der Waals surface area contributed by atoms with Crippen LogP contribution in [-0.2, 0) is 4.79 Å². The Kier molecular flexibility index (Phi) is 5.49.